The first-order valence-corrected chi connectivity index (χ1v) is 10.9. The van der Waals surface area contributed by atoms with Crippen molar-refractivity contribution in [3.05, 3.63) is 35.4 Å². The highest BCUT2D eigenvalue weighted by molar-refractivity contribution is 14.0. The number of nitrogens with zero attached hydrogens (tertiary/aromatic N) is 3. The molecule has 0 radical (unpaired) electrons. The molecule has 0 atom stereocenters. The van der Waals surface area contributed by atoms with E-state index in [-0.39, 0.29) is 30.1 Å². The number of hydrogen-bond acceptors (Lipinski definition) is 5. The zero-order valence-electron chi connectivity index (χ0n) is 18.6. The molecule has 0 bridgehead atoms. The second-order valence-electron chi connectivity index (χ2n) is 7.74. The van der Waals surface area contributed by atoms with E-state index in [4.69, 9.17) is 9.47 Å². The lowest BCUT2D eigenvalue weighted by atomic mass is 10.1. The number of nitrogens with one attached hydrogen (secondary N) is 2. The average molecular weight is 545 g/mol. The third-order valence-electron chi connectivity index (χ3n) is 5.58. The number of aliphatic imine (C=N–C) groups is 1. The monoisotopic (exact) mass is 545 g/mol. The Bertz CT molecular complexity index is 687. The van der Waals surface area contributed by atoms with Crippen LogP contribution < -0.4 is 10.6 Å². The van der Waals surface area contributed by atoms with Crippen LogP contribution in [0.1, 0.15) is 30.9 Å². The van der Waals surface area contributed by atoms with Gasteiger partial charge in [-0.3, -0.25) is 9.89 Å². The predicted octanol–water partition coefficient (Wildman–Crippen LogP) is 2.42. The topological polar surface area (TPSA) is 78.4 Å². The van der Waals surface area contributed by atoms with Crippen LogP contribution in [0.3, 0.4) is 0 Å². The van der Waals surface area contributed by atoms with Crippen molar-refractivity contribution in [2.24, 2.45) is 4.99 Å². The van der Waals surface area contributed by atoms with Crippen LogP contribution in [-0.2, 0) is 22.6 Å². The van der Waals surface area contributed by atoms with Gasteiger partial charge in [-0.1, -0.05) is 24.3 Å². The summed E-state index contributed by atoms with van der Waals surface area (Å²) in [4.78, 5) is 20.4. The van der Waals surface area contributed by atoms with Crippen molar-refractivity contribution >= 4 is 36.0 Å². The van der Waals surface area contributed by atoms with Crippen LogP contribution >= 0.6 is 24.0 Å². The van der Waals surface area contributed by atoms with Gasteiger partial charge in [-0.2, -0.15) is 0 Å². The van der Waals surface area contributed by atoms with Crippen LogP contribution in [0, 0.1) is 0 Å². The number of likely N-dealkylation sites (tertiary alicyclic amines) is 1. The number of hydrogen-bond donors (Lipinski definition) is 2. The van der Waals surface area contributed by atoms with Gasteiger partial charge in [0.15, 0.2) is 5.96 Å². The zero-order chi connectivity index (χ0) is 21.2. The highest BCUT2D eigenvalue weighted by atomic mass is 127. The van der Waals surface area contributed by atoms with Crippen LogP contribution in [0.5, 0.6) is 0 Å². The molecule has 2 fully saturated rings. The average Bonchev–Trinajstić information content (AvgIpc) is 2.79. The molecule has 8 nitrogen and oxygen atoms in total. The summed E-state index contributed by atoms with van der Waals surface area (Å²) in [5.74, 6) is 0.793. The molecule has 0 aromatic heterocycles. The van der Waals surface area contributed by atoms with E-state index in [0.717, 1.165) is 58.2 Å². The first-order valence-electron chi connectivity index (χ1n) is 10.9. The molecule has 2 heterocycles. The Hall–Kier alpha value is -1.59. The summed E-state index contributed by atoms with van der Waals surface area (Å²) in [5, 5.41) is 6.87. The van der Waals surface area contributed by atoms with Crippen LogP contribution in [0.15, 0.2) is 29.3 Å². The lowest BCUT2D eigenvalue weighted by Crippen LogP contribution is -2.49. The Morgan fingerprint density at radius 2 is 1.77 bits per heavy atom. The molecule has 1 aromatic rings. The summed E-state index contributed by atoms with van der Waals surface area (Å²) in [5.41, 5.74) is 2.55. The summed E-state index contributed by atoms with van der Waals surface area (Å²) in [6.07, 6.45) is 1.56. The molecule has 2 saturated heterocycles. The summed E-state index contributed by atoms with van der Waals surface area (Å²) < 4.78 is 10.5. The van der Waals surface area contributed by atoms with E-state index in [1.54, 1.807) is 11.9 Å². The molecule has 2 aliphatic rings. The Labute approximate surface area is 202 Å². The fourth-order valence-corrected chi connectivity index (χ4v) is 3.77. The van der Waals surface area contributed by atoms with Gasteiger partial charge in [-0.15, -0.1) is 24.0 Å². The molecule has 174 valence electrons. The number of guanidine groups is 1. The van der Waals surface area contributed by atoms with E-state index >= 15 is 0 Å². The van der Waals surface area contributed by atoms with E-state index in [9.17, 15) is 4.79 Å². The van der Waals surface area contributed by atoms with Gasteiger partial charge in [0, 0.05) is 52.4 Å². The minimum atomic E-state index is -0.212. The molecule has 9 heteroatoms. The second-order valence-corrected chi connectivity index (χ2v) is 7.74. The van der Waals surface area contributed by atoms with Gasteiger partial charge >= 0.3 is 6.09 Å². The Morgan fingerprint density at radius 3 is 2.39 bits per heavy atom. The first-order chi connectivity index (χ1) is 14.7. The van der Waals surface area contributed by atoms with E-state index in [0.29, 0.717) is 25.7 Å². The maximum Gasteiger partial charge on any atom is 0.409 e. The maximum absolute atomic E-state index is 11.8. The summed E-state index contributed by atoms with van der Waals surface area (Å²) in [7, 11) is 1.79. The number of morpholine rings is 1. The van der Waals surface area contributed by atoms with Crippen molar-refractivity contribution in [3.63, 3.8) is 0 Å². The van der Waals surface area contributed by atoms with Crippen molar-refractivity contribution in [1.29, 1.82) is 0 Å². The number of piperidine rings is 1. The summed E-state index contributed by atoms with van der Waals surface area (Å²) in [6, 6.07) is 9.06. The summed E-state index contributed by atoms with van der Waals surface area (Å²) in [6.45, 7) is 9.03. The van der Waals surface area contributed by atoms with Crippen LogP contribution in [0.4, 0.5) is 4.79 Å². The van der Waals surface area contributed by atoms with Crippen molar-refractivity contribution in [2.45, 2.75) is 38.9 Å². The van der Waals surface area contributed by atoms with E-state index in [1.807, 2.05) is 6.92 Å². The van der Waals surface area contributed by atoms with Gasteiger partial charge in [-0.25, -0.2) is 4.79 Å². The number of amides is 1. The molecule has 0 unspecified atom stereocenters. The first kappa shape index (κ1) is 25.7. The quantitative estimate of drug-likeness (QED) is 0.325. The van der Waals surface area contributed by atoms with E-state index in [2.05, 4.69) is 44.8 Å². The van der Waals surface area contributed by atoms with Gasteiger partial charge < -0.3 is 25.0 Å². The number of benzene rings is 1. The SMILES string of the molecule is CCOC(=O)N1CCC(NC(=NC)NCc2ccc(CN3CCOCC3)cc2)CC1.I. The Balaban J connectivity index is 0.00000341. The smallest absolute Gasteiger partial charge is 0.409 e. The zero-order valence-corrected chi connectivity index (χ0v) is 21.0. The molecule has 0 saturated carbocycles. The van der Waals surface area contributed by atoms with Crippen LogP contribution in [0.25, 0.3) is 0 Å². The number of carbonyl (C=O) groups excluding carboxylic acids is 1. The molecule has 31 heavy (non-hydrogen) atoms. The van der Waals surface area contributed by atoms with Gasteiger partial charge in [-0.05, 0) is 30.9 Å². The molecule has 2 aliphatic heterocycles. The number of carbonyl (C=O) groups is 1. The third kappa shape index (κ3) is 8.46. The number of ether oxygens (including phenoxy) is 2. The highest BCUT2D eigenvalue weighted by Gasteiger charge is 2.24. The van der Waals surface area contributed by atoms with Crippen molar-refractivity contribution < 1.29 is 14.3 Å². The molecule has 1 amide bonds. The molecular weight excluding hydrogens is 509 g/mol. The van der Waals surface area contributed by atoms with Gasteiger partial charge in [0.2, 0.25) is 0 Å². The molecule has 3 rings (SSSR count). The van der Waals surface area contributed by atoms with Crippen LogP contribution in [0.2, 0.25) is 0 Å². The Kier molecular flexibility index (Phi) is 11.4. The van der Waals surface area contributed by atoms with E-state index in [1.165, 1.54) is 11.1 Å². The lowest BCUT2D eigenvalue weighted by molar-refractivity contribution is 0.0342. The third-order valence-corrected chi connectivity index (χ3v) is 5.58. The maximum atomic E-state index is 11.8. The fraction of sp³-hybridized carbons (Fsp3) is 0.636. The normalized spacial score (nSPS) is 18.3. The number of halogens is 1. The predicted molar refractivity (Wildman–Crippen MR) is 133 cm³/mol. The second kappa shape index (κ2) is 13.7. The minimum Gasteiger partial charge on any atom is -0.450 e. The largest absolute Gasteiger partial charge is 0.450 e. The van der Waals surface area contributed by atoms with Crippen LogP contribution in [-0.4, -0.2) is 80.9 Å². The lowest BCUT2D eigenvalue weighted by Gasteiger charge is -2.32. The van der Waals surface area contributed by atoms with Gasteiger partial charge in [0.05, 0.1) is 19.8 Å². The van der Waals surface area contributed by atoms with Crippen molar-refractivity contribution in [2.75, 3.05) is 53.0 Å². The molecule has 1 aromatic carbocycles. The molecule has 0 spiro atoms. The van der Waals surface area contributed by atoms with E-state index < -0.39 is 0 Å². The fourth-order valence-electron chi connectivity index (χ4n) is 3.77. The van der Waals surface area contributed by atoms with Gasteiger partial charge in [0.25, 0.3) is 0 Å². The van der Waals surface area contributed by atoms with Crippen molar-refractivity contribution in [1.82, 2.24) is 20.4 Å². The standard InChI is InChI=1S/C22H35N5O3.HI/c1-3-30-22(28)27-10-8-20(9-11-27)25-21(23-2)24-16-18-4-6-19(7-5-18)17-26-12-14-29-15-13-26;/h4-7,20H,3,8-17H2,1-2H3,(H2,23,24,25);1H. The Morgan fingerprint density at radius 1 is 1.13 bits per heavy atom. The molecular formula is C22H36IN5O3. The minimum absolute atomic E-state index is 0. The number of rotatable bonds is 6. The molecule has 2 N–H and O–H groups in total. The highest BCUT2D eigenvalue weighted by Crippen LogP contribution is 2.12. The van der Waals surface area contributed by atoms with Crippen molar-refractivity contribution in [3.8, 4) is 0 Å². The summed E-state index contributed by atoms with van der Waals surface area (Å²) >= 11 is 0. The molecule has 0 aliphatic carbocycles. The van der Waals surface area contributed by atoms with Gasteiger partial charge in [0.1, 0.15) is 0 Å².